The van der Waals surface area contributed by atoms with E-state index in [0.29, 0.717) is 0 Å². The molecule has 1 unspecified atom stereocenters. The fourth-order valence-corrected chi connectivity index (χ4v) is 2.10. The second-order valence-corrected chi connectivity index (χ2v) is 7.04. The lowest BCUT2D eigenvalue weighted by Crippen LogP contribution is -2.70. The molecule has 0 rings (SSSR count). The predicted octanol–water partition coefficient (Wildman–Crippen LogP) is 5.18. The van der Waals surface area contributed by atoms with Crippen LogP contribution in [0.4, 0.5) is 57.1 Å². The van der Waals surface area contributed by atoms with Crippen LogP contribution in [0.1, 0.15) is 20.3 Å². The van der Waals surface area contributed by atoms with Gasteiger partial charge in [0.15, 0.2) is 0 Å². The molecule has 0 saturated carbocycles. The summed E-state index contributed by atoms with van der Waals surface area (Å²) in [5, 5.41) is 0. The number of carbonyl (C=O) groups is 2. The monoisotopic (exact) mass is 548 g/mol. The lowest BCUT2D eigenvalue weighted by molar-refractivity contribution is -0.428. The summed E-state index contributed by atoms with van der Waals surface area (Å²) in [4.78, 5) is 22.3. The first-order valence-corrected chi connectivity index (χ1v) is 8.90. The van der Waals surface area contributed by atoms with Crippen molar-refractivity contribution in [2.45, 2.75) is 62.2 Å². The van der Waals surface area contributed by atoms with Crippen molar-refractivity contribution in [1.29, 1.82) is 0 Å². The number of carbonyl (C=O) groups excluding carboxylic acids is 2. The van der Waals surface area contributed by atoms with Gasteiger partial charge in [0.05, 0.1) is 19.6 Å². The molecule has 0 bridgehead atoms. The Morgan fingerprint density at radius 1 is 0.829 bits per heavy atom. The maximum absolute atomic E-state index is 14.0. The van der Waals surface area contributed by atoms with Gasteiger partial charge >= 0.3 is 47.7 Å². The van der Waals surface area contributed by atoms with E-state index in [4.69, 9.17) is 0 Å². The molecule has 1 atom stereocenters. The standard InChI is InChI=1S/C17H17F13O5/c1-8(2)10(31)34-5-4-33-7-9(35-11(32)12(3,18)19)6-13(20,21)15(23,24)14(22,16(25,26)27)17(28,29)30/h9H,1,4-7H2,2-3H3. The van der Waals surface area contributed by atoms with E-state index in [2.05, 4.69) is 20.8 Å². The largest absolute Gasteiger partial charge is 0.460 e. The molecule has 0 aromatic carbocycles. The van der Waals surface area contributed by atoms with Gasteiger partial charge in [-0.25, -0.2) is 14.0 Å². The summed E-state index contributed by atoms with van der Waals surface area (Å²) in [5.74, 6) is -22.3. The molecule has 0 aliphatic carbocycles. The molecule has 0 aliphatic rings. The van der Waals surface area contributed by atoms with Gasteiger partial charge in [-0.3, -0.25) is 0 Å². The van der Waals surface area contributed by atoms with Crippen molar-refractivity contribution in [3.63, 3.8) is 0 Å². The molecule has 0 saturated heterocycles. The molecule has 0 N–H and O–H groups in total. The van der Waals surface area contributed by atoms with E-state index < -0.39 is 80.1 Å². The van der Waals surface area contributed by atoms with Gasteiger partial charge < -0.3 is 14.2 Å². The number of hydrogen-bond donors (Lipinski definition) is 0. The molecule has 0 radical (unpaired) electrons. The molecule has 0 heterocycles. The lowest BCUT2D eigenvalue weighted by Gasteiger charge is -2.40. The summed E-state index contributed by atoms with van der Waals surface area (Å²) in [6.45, 7) is 1.07. The van der Waals surface area contributed by atoms with Crippen molar-refractivity contribution in [3.8, 4) is 0 Å². The zero-order valence-corrected chi connectivity index (χ0v) is 17.6. The Morgan fingerprint density at radius 2 is 1.29 bits per heavy atom. The van der Waals surface area contributed by atoms with Crippen LogP contribution in [0.5, 0.6) is 0 Å². The Morgan fingerprint density at radius 3 is 1.66 bits per heavy atom. The van der Waals surface area contributed by atoms with Crippen molar-refractivity contribution in [1.82, 2.24) is 0 Å². The SMILES string of the molecule is C=C(C)C(=O)OCCOCC(CC(F)(F)C(F)(F)C(F)(C(F)(F)F)C(F)(F)F)OC(=O)C(C)(F)F. The van der Waals surface area contributed by atoms with Crippen LogP contribution in [0.2, 0.25) is 0 Å². The molecule has 0 aromatic heterocycles. The number of alkyl halides is 13. The first-order chi connectivity index (χ1) is 15.3. The fraction of sp³-hybridized carbons (Fsp3) is 0.765. The fourth-order valence-electron chi connectivity index (χ4n) is 2.10. The van der Waals surface area contributed by atoms with Gasteiger partial charge in [-0.15, -0.1) is 0 Å². The van der Waals surface area contributed by atoms with Crippen LogP contribution in [0, 0.1) is 0 Å². The Labute approximate surface area is 188 Å². The van der Waals surface area contributed by atoms with Crippen molar-refractivity contribution < 1.29 is 80.9 Å². The van der Waals surface area contributed by atoms with Crippen molar-refractivity contribution in [2.75, 3.05) is 19.8 Å². The number of rotatable bonds is 12. The van der Waals surface area contributed by atoms with Crippen molar-refractivity contribution in [3.05, 3.63) is 12.2 Å². The summed E-state index contributed by atoms with van der Waals surface area (Å²) >= 11 is 0. The molecule has 0 fully saturated rings. The minimum absolute atomic E-state index is 0.132. The third-order valence-corrected chi connectivity index (χ3v) is 3.90. The predicted molar refractivity (Wildman–Crippen MR) is 87.6 cm³/mol. The third-order valence-electron chi connectivity index (χ3n) is 3.90. The van der Waals surface area contributed by atoms with Gasteiger partial charge in [0.25, 0.3) is 0 Å². The van der Waals surface area contributed by atoms with Crippen LogP contribution in [-0.2, 0) is 23.8 Å². The van der Waals surface area contributed by atoms with Gasteiger partial charge in [0.2, 0.25) is 0 Å². The Kier molecular flexibility index (Phi) is 10.1. The van der Waals surface area contributed by atoms with E-state index in [0.717, 1.165) is 0 Å². The van der Waals surface area contributed by atoms with Crippen LogP contribution in [0.3, 0.4) is 0 Å². The second-order valence-electron chi connectivity index (χ2n) is 7.04. The normalized spacial score (nSPS) is 14.9. The molecule has 0 amide bonds. The Hall–Kier alpha value is -2.27. The lowest BCUT2D eigenvalue weighted by atomic mass is 9.88. The molecule has 18 heteroatoms. The highest BCUT2D eigenvalue weighted by atomic mass is 19.4. The van der Waals surface area contributed by atoms with Gasteiger partial charge in [-0.05, 0) is 6.92 Å². The summed E-state index contributed by atoms with van der Waals surface area (Å²) < 4.78 is 183. The molecule has 206 valence electrons. The molecule has 0 spiro atoms. The molecule has 35 heavy (non-hydrogen) atoms. The maximum Gasteiger partial charge on any atom is 0.438 e. The van der Waals surface area contributed by atoms with E-state index in [-0.39, 0.29) is 12.5 Å². The Balaban J connectivity index is 5.89. The number of hydrogen-bond acceptors (Lipinski definition) is 5. The quantitative estimate of drug-likeness (QED) is 0.146. The second kappa shape index (κ2) is 10.8. The smallest absolute Gasteiger partial charge is 0.438 e. The minimum atomic E-state index is -7.78. The average Bonchev–Trinajstić information content (AvgIpc) is 2.63. The van der Waals surface area contributed by atoms with Crippen LogP contribution in [-0.4, -0.2) is 73.7 Å². The first kappa shape index (κ1) is 32.7. The van der Waals surface area contributed by atoms with Crippen LogP contribution in [0.15, 0.2) is 12.2 Å². The molecule has 0 aromatic rings. The highest BCUT2D eigenvalue weighted by Crippen LogP contribution is 2.60. The number of esters is 2. The molecular weight excluding hydrogens is 531 g/mol. The molecule has 5 nitrogen and oxygen atoms in total. The van der Waals surface area contributed by atoms with Crippen molar-refractivity contribution >= 4 is 11.9 Å². The van der Waals surface area contributed by atoms with Gasteiger partial charge in [-0.1, -0.05) is 6.58 Å². The van der Waals surface area contributed by atoms with Gasteiger partial charge in [0.1, 0.15) is 12.7 Å². The van der Waals surface area contributed by atoms with E-state index in [9.17, 15) is 66.7 Å². The van der Waals surface area contributed by atoms with E-state index in [1.54, 1.807) is 0 Å². The number of halogens is 13. The number of ether oxygens (including phenoxy) is 3. The van der Waals surface area contributed by atoms with Gasteiger partial charge in [-0.2, -0.15) is 52.7 Å². The summed E-state index contributed by atoms with van der Waals surface area (Å²) in [7, 11) is 0. The Bertz CT molecular complexity index is 754. The average molecular weight is 548 g/mol. The summed E-state index contributed by atoms with van der Waals surface area (Å²) in [5.41, 5.74) is -7.91. The van der Waals surface area contributed by atoms with Crippen LogP contribution < -0.4 is 0 Å². The van der Waals surface area contributed by atoms with E-state index in [1.807, 2.05) is 0 Å². The maximum atomic E-state index is 14.0. The summed E-state index contributed by atoms with van der Waals surface area (Å²) in [6, 6.07) is 0. The highest BCUT2D eigenvalue weighted by molar-refractivity contribution is 5.86. The van der Waals surface area contributed by atoms with E-state index >= 15 is 0 Å². The topological polar surface area (TPSA) is 61.8 Å². The van der Waals surface area contributed by atoms with Gasteiger partial charge in [0, 0.05) is 12.5 Å². The van der Waals surface area contributed by atoms with E-state index in [1.165, 1.54) is 6.92 Å². The summed E-state index contributed by atoms with van der Waals surface area (Å²) in [6.07, 6.45) is -21.3. The minimum Gasteiger partial charge on any atom is -0.460 e. The third kappa shape index (κ3) is 7.60. The zero-order valence-electron chi connectivity index (χ0n) is 17.6. The molecule has 0 aliphatic heterocycles. The molecular formula is C17H17F13O5. The zero-order chi connectivity index (χ0) is 28.3. The van der Waals surface area contributed by atoms with Crippen molar-refractivity contribution in [2.24, 2.45) is 0 Å². The highest BCUT2D eigenvalue weighted by Gasteiger charge is 2.90. The van der Waals surface area contributed by atoms with Crippen LogP contribution in [0.25, 0.3) is 0 Å². The first-order valence-electron chi connectivity index (χ1n) is 8.90. The van der Waals surface area contributed by atoms with Crippen LogP contribution >= 0.6 is 0 Å².